The number of amides is 2. The van der Waals surface area contributed by atoms with Crippen LogP contribution >= 0.6 is 0 Å². The average Bonchev–Trinajstić information content (AvgIpc) is 2.61. The number of para-hydroxylation sites is 1. The summed E-state index contributed by atoms with van der Waals surface area (Å²) in [6, 6.07) is 16.9. The molecular weight excluding hydrogens is 334 g/mol. The van der Waals surface area contributed by atoms with E-state index in [1.54, 1.807) is 0 Å². The lowest BCUT2D eigenvalue weighted by molar-refractivity contribution is 0.200. The number of hydrogen-bond acceptors (Lipinski definition) is 2. The van der Waals surface area contributed by atoms with Crippen molar-refractivity contribution in [1.82, 2.24) is 4.90 Å². The minimum absolute atomic E-state index is 0.0116. The van der Waals surface area contributed by atoms with E-state index in [9.17, 15) is 4.79 Å². The summed E-state index contributed by atoms with van der Waals surface area (Å²) in [5, 5.41) is 3.14. The summed E-state index contributed by atoms with van der Waals surface area (Å²) >= 11 is 0. The smallest absolute Gasteiger partial charge is 0.321 e. The molecule has 144 valence electrons. The van der Waals surface area contributed by atoms with Crippen molar-refractivity contribution in [3.8, 4) is 0 Å². The minimum atomic E-state index is -0.0129. The Morgan fingerprint density at radius 1 is 1.07 bits per heavy atom. The van der Waals surface area contributed by atoms with Crippen molar-refractivity contribution >= 4 is 17.4 Å². The number of piperazine rings is 1. The standard InChI is InChI=1S/C23H31N3O/c1-17-9-8-10-19(15-17)26-14-13-25(16-18(26)2)22(27)24-21-12-7-6-11-20(21)23(3,4)5/h6-12,15,18H,13-14,16H2,1-5H3,(H,24,27). The molecule has 0 aromatic heterocycles. The van der Waals surface area contributed by atoms with E-state index in [-0.39, 0.29) is 17.5 Å². The number of rotatable bonds is 2. The van der Waals surface area contributed by atoms with E-state index in [4.69, 9.17) is 0 Å². The molecule has 2 amide bonds. The summed E-state index contributed by atoms with van der Waals surface area (Å²) in [6.45, 7) is 13.1. The van der Waals surface area contributed by atoms with Crippen molar-refractivity contribution in [3.63, 3.8) is 0 Å². The van der Waals surface area contributed by atoms with Gasteiger partial charge in [-0.25, -0.2) is 4.79 Å². The molecular formula is C23H31N3O. The number of aryl methyl sites for hydroxylation is 1. The molecule has 1 fully saturated rings. The molecule has 1 N–H and O–H groups in total. The molecule has 1 unspecified atom stereocenters. The van der Waals surface area contributed by atoms with Crippen LogP contribution in [0.1, 0.15) is 38.8 Å². The fourth-order valence-corrected chi connectivity index (χ4v) is 3.77. The third-order valence-electron chi connectivity index (χ3n) is 5.22. The first-order valence-corrected chi connectivity index (χ1v) is 9.74. The number of anilines is 2. The molecule has 4 heteroatoms. The van der Waals surface area contributed by atoms with Crippen LogP contribution in [0.3, 0.4) is 0 Å². The summed E-state index contributed by atoms with van der Waals surface area (Å²) in [7, 11) is 0. The molecule has 1 saturated heterocycles. The van der Waals surface area contributed by atoms with Gasteiger partial charge in [0.25, 0.3) is 0 Å². The van der Waals surface area contributed by atoms with Crippen molar-refractivity contribution in [1.29, 1.82) is 0 Å². The predicted molar refractivity (Wildman–Crippen MR) is 114 cm³/mol. The lowest BCUT2D eigenvalue weighted by atomic mass is 9.86. The van der Waals surface area contributed by atoms with Gasteiger partial charge in [0, 0.05) is 37.1 Å². The summed E-state index contributed by atoms with van der Waals surface area (Å²) < 4.78 is 0. The van der Waals surface area contributed by atoms with Gasteiger partial charge in [0.2, 0.25) is 0 Å². The second kappa shape index (κ2) is 7.63. The van der Waals surface area contributed by atoms with Crippen LogP contribution in [0.4, 0.5) is 16.2 Å². The van der Waals surface area contributed by atoms with Crippen molar-refractivity contribution < 1.29 is 4.79 Å². The lowest BCUT2D eigenvalue weighted by Crippen LogP contribution is -2.54. The molecule has 0 radical (unpaired) electrons. The second-order valence-electron chi connectivity index (χ2n) is 8.55. The Kier molecular flexibility index (Phi) is 5.45. The van der Waals surface area contributed by atoms with Gasteiger partial charge in [0.15, 0.2) is 0 Å². The number of nitrogens with zero attached hydrogens (tertiary/aromatic N) is 2. The molecule has 27 heavy (non-hydrogen) atoms. The van der Waals surface area contributed by atoms with Crippen LogP contribution in [-0.4, -0.2) is 36.6 Å². The van der Waals surface area contributed by atoms with Crippen molar-refractivity contribution in [2.24, 2.45) is 0 Å². The SMILES string of the molecule is Cc1cccc(N2CCN(C(=O)Nc3ccccc3C(C)(C)C)CC2C)c1. The zero-order valence-corrected chi connectivity index (χ0v) is 17.1. The monoisotopic (exact) mass is 365 g/mol. The van der Waals surface area contributed by atoms with Crippen molar-refractivity contribution in [2.75, 3.05) is 29.9 Å². The minimum Gasteiger partial charge on any atom is -0.365 e. The van der Waals surface area contributed by atoms with Gasteiger partial charge in [-0.05, 0) is 48.6 Å². The van der Waals surface area contributed by atoms with E-state index in [2.05, 4.69) is 75.2 Å². The molecule has 0 spiro atoms. The Balaban J connectivity index is 1.68. The average molecular weight is 366 g/mol. The molecule has 1 heterocycles. The highest BCUT2D eigenvalue weighted by Crippen LogP contribution is 2.29. The van der Waals surface area contributed by atoms with Crippen LogP contribution in [0.25, 0.3) is 0 Å². The Bertz CT molecular complexity index is 809. The number of nitrogens with one attached hydrogen (secondary N) is 1. The Morgan fingerprint density at radius 2 is 1.81 bits per heavy atom. The maximum atomic E-state index is 12.9. The van der Waals surface area contributed by atoms with Crippen LogP contribution in [0, 0.1) is 6.92 Å². The maximum absolute atomic E-state index is 12.9. The molecule has 0 bridgehead atoms. The molecule has 4 nitrogen and oxygen atoms in total. The molecule has 0 saturated carbocycles. The van der Waals surface area contributed by atoms with Gasteiger partial charge < -0.3 is 15.1 Å². The van der Waals surface area contributed by atoms with Gasteiger partial charge >= 0.3 is 6.03 Å². The Labute approximate surface area is 163 Å². The van der Waals surface area contributed by atoms with E-state index < -0.39 is 0 Å². The van der Waals surface area contributed by atoms with Crippen molar-refractivity contribution in [2.45, 2.75) is 46.1 Å². The molecule has 3 rings (SSSR count). The van der Waals surface area contributed by atoms with E-state index in [1.807, 2.05) is 23.1 Å². The second-order valence-corrected chi connectivity index (χ2v) is 8.55. The summed E-state index contributed by atoms with van der Waals surface area (Å²) in [5.41, 5.74) is 4.55. The number of hydrogen-bond donors (Lipinski definition) is 1. The van der Waals surface area contributed by atoms with Gasteiger partial charge in [-0.15, -0.1) is 0 Å². The first-order chi connectivity index (χ1) is 12.8. The van der Waals surface area contributed by atoms with Crippen LogP contribution in [-0.2, 0) is 5.41 Å². The van der Waals surface area contributed by atoms with Crippen molar-refractivity contribution in [3.05, 3.63) is 59.7 Å². The summed E-state index contributed by atoms with van der Waals surface area (Å²) in [5.74, 6) is 0. The third kappa shape index (κ3) is 4.44. The zero-order chi connectivity index (χ0) is 19.6. The third-order valence-corrected chi connectivity index (χ3v) is 5.22. The fraction of sp³-hybridized carbons (Fsp3) is 0.435. The number of carbonyl (C=O) groups excluding carboxylic acids is 1. The predicted octanol–water partition coefficient (Wildman–Crippen LogP) is 5.04. The number of benzene rings is 2. The van der Waals surface area contributed by atoms with Crippen LogP contribution in [0.5, 0.6) is 0 Å². The van der Waals surface area contributed by atoms with Gasteiger partial charge in [0.05, 0.1) is 0 Å². The van der Waals surface area contributed by atoms with Gasteiger partial charge in [-0.2, -0.15) is 0 Å². The maximum Gasteiger partial charge on any atom is 0.321 e. The van der Waals surface area contributed by atoms with E-state index in [0.29, 0.717) is 0 Å². The van der Waals surface area contributed by atoms with Gasteiger partial charge in [-0.1, -0.05) is 51.1 Å². The van der Waals surface area contributed by atoms with Crippen LogP contribution in [0.15, 0.2) is 48.5 Å². The summed E-state index contributed by atoms with van der Waals surface area (Å²) in [6.07, 6.45) is 0. The highest BCUT2D eigenvalue weighted by molar-refractivity contribution is 5.90. The highest BCUT2D eigenvalue weighted by Gasteiger charge is 2.28. The molecule has 0 aliphatic carbocycles. The summed E-state index contributed by atoms with van der Waals surface area (Å²) in [4.78, 5) is 17.2. The largest absolute Gasteiger partial charge is 0.365 e. The quantitative estimate of drug-likeness (QED) is 0.810. The number of carbonyl (C=O) groups is 1. The van der Waals surface area contributed by atoms with Gasteiger partial charge in [0.1, 0.15) is 0 Å². The topological polar surface area (TPSA) is 35.6 Å². The Morgan fingerprint density at radius 3 is 2.48 bits per heavy atom. The first kappa shape index (κ1) is 19.3. The fourth-order valence-electron chi connectivity index (χ4n) is 3.77. The molecule has 1 aliphatic heterocycles. The van der Waals surface area contributed by atoms with E-state index in [1.165, 1.54) is 11.3 Å². The Hall–Kier alpha value is -2.49. The normalized spacial score (nSPS) is 17.7. The molecule has 2 aromatic rings. The van der Waals surface area contributed by atoms with Gasteiger partial charge in [-0.3, -0.25) is 0 Å². The molecule has 1 aliphatic rings. The number of urea groups is 1. The first-order valence-electron chi connectivity index (χ1n) is 9.74. The van der Waals surface area contributed by atoms with E-state index in [0.717, 1.165) is 30.9 Å². The molecule has 2 aromatic carbocycles. The highest BCUT2D eigenvalue weighted by atomic mass is 16.2. The molecule has 1 atom stereocenters. The zero-order valence-electron chi connectivity index (χ0n) is 17.1. The van der Waals surface area contributed by atoms with E-state index >= 15 is 0 Å². The van der Waals surface area contributed by atoms with Crippen LogP contribution in [0.2, 0.25) is 0 Å². The van der Waals surface area contributed by atoms with Crippen LogP contribution < -0.4 is 10.2 Å². The lowest BCUT2D eigenvalue weighted by Gasteiger charge is -2.41.